The molecule has 34 heavy (non-hydrogen) atoms. The number of anilines is 1. The largest absolute Gasteiger partial charge is 0.497 e. The van der Waals surface area contributed by atoms with E-state index in [1.165, 1.54) is 6.20 Å². The van der Waals surface area contributed by atoms with Crippen LogP contribution in [0.4, 0.5) is 14.9 Å². The molecule has 0 N–H and O–H groups in total. The second kappa shape index (κ2) is 9.68. The average Bonchev–Trinajstić information content (AvgIpc) is 3.10. The standard InChI is InChI=1S/C26H34FN3O4/c1-26(2,3)34-25(31)29(4)13-6-14-33-22-16-28-24(27)20-15-18-9-12-21(23(20)22)30(18)17-7-10-19(32-5)11-8-17/h7-8,10-11,16,18,21H,6,9,12-15H2,1-5H3/t18-,21+/m0/s1. The predicted octanol–water partition coefficient (Wildman–Crippen LogP) is 5.13. The first-order valence-electron chi connectivity index (χ1n) is 11.8. The first kappa shape index (κ1) is 24.1. The predicted molar refractivity (Wildman–Crippen MR) is 128 cm³/mol. The molecule has 2 aromatic rings. The number of amides is 1. The number of benzene rings is 1. The maximum absolute atomic E-state index is 14.7. The summed E-state index contributed by atoms with van der Waals surface area (Å²) in [6, 6.07) is 8.30. The SMILES string of the molecule is COc1ccc(N2[C@H]3CC[C@@H]2c2c(OCCCN(C)C(=O)OC(C)(C)C)cnc(F)c2C3)cc1. The van der Waals surface area contributed by atoms with Crippen LogP contribution in [0.15, 0.2) is 30.5 Å². The van der Waals surface area contributed by atoms with Crippen molar-refractivity contribution in [1.82, 2.24) is 9.88 Å². The number of fused-ring (bicyclic) bond motifs is 4. The number of aromatic nitrogens is 1. The normalized spacial score (nSPS) is 18.9. The molecule has 1 amide bonds. The summed E-state index contributed by atoms with van der Waals surface area (Å²) in [4.78, 5) is 20.0. The Kier molecular flexibility index (Phi) is 6.86. The molecule has 3 heterocycles. The van der Waals surface area contributed by atoms with Gasteiger partial charge < -0.3 is 24.0 Å². The molecule has 0 radical (unpaired) electrons. The zero-order valence-electron chi connectivity index (χ0n) is 20.6. The Bertz CT molecular complexity index is 1020. The third-order valence-corrected chi connectivity index (χ3v) is 6.38. The van der Waals surface area contributed by atoms with E-state index in [2.05, 4.69) is 22.0 Å². The molecule has 1 aromatic carbocycles. The highest BCUT2D eigenvalue weighted by molar-refractivity contribution is 5.67. The van der Waals surface area contributed by atoms with Crippen molar-refractivity contribution in [3.05, 3.63) is 47.5 Å². The lowest BCUT2D eigenvalue weighted by molar-refractivity contribution is 0.0292. The zero-order chi connectivity index (χ0) is 24.5. The van der Waals surface area contributed by atoms with Gasteiger partial charge in [-0.25, -0.2) is 9.78 Å². The van der Waals surface area contributed by atoms with Crippen LogP contribution in [0.1, 0.15) is 57.2 Å². The van der Waals surface area contributed by atoms with E-state index in [0.717, 1.165) is 29.8 Å². The van der Waals surface area contributed by atoms with E-state index < -0.39 is 11.5 Å². The molecule has 0 spiro atoms. The number of halogens is 1. The summed E-state index contributed by atoms with van der Waals surface area (Å²) in [5.41, 5.74) is 2.13. The molecule has 2 aliphatic rings. The number of pyridine rings is 1. The Morgan fingerprint density at radius 1 is 1.24 bits per heavy atom. The lowest BCUT2D eigenvalue weighted by atomic mass is 9.93. The average molecular weight is 472 g/mol. The van der Waals surface area contributed by atoms with Crippen LogP contribution >= 0.6 is 0 Å². The summed E-state index contributed by atoms with van der Waals surface area (Å²) in [5, 5.41) is 0. The minimum Gasteiger partial charge on any atom is -0.497 e. The van der Waals surface area contributed by atoms with Crippen molar-refractivity contribution in [3.8, 4) is 11.5 Å². The summed E-state index contributed by atoms with van der Waals surface area (Å²) < 4.78 is 31.5. The van der Waals surface area contributed by atoms with Gasteiger partial charge in [0.25, 0.3) is 0 Å². The van der Waals surface area contributed by atoms with Crippen molar-refractivity contribution >= 4 is 11.8 Å². The highest BCUT2D eigenvalue weighted by Gasteiger charge is 2.43. The number of hydrogen-bond donors (Lipinski definition) is 0. The molecule has 0 aliphatic carbocycles. The van der Waals surface area contributed by atoms with Gasteiger partial charge in [-0.3, -0.25) is 0 Å². The second-order valence-corrected chi connectivity index (χ2v) is 9.97. The summed E-state index contributed by atoms with van der Waals surface area (Å²) >= 11 is 0. The van der Waals surface area contributed by atoms with Crippen LogP contribution in [0, 0.1) is 5.95 Å². The molecule has 4 rings (SSSR count). The summed E-state index contributed by atoms with van der Waals surface area (Å²) in [6.07, 6.45) is 4.29. The lowest BCUT2D eigenvalue weighted by Gasteiger charge is -2.38. The van der Waals surface area contributed by atoms with Crippen LogP contribution in [0.2, 0.25) is 0 Å². The monoisotopic (exact) mass is 471 g/mol. The summed E-state index contributed by atoms with van der Waals surface area (Å²) in [7, 11) is 3.36. The molecule has 7 nitrogen and oxygen atoms in total. The van der Waals surface area contributed by atoms with Gasteiger partial charge in [-0.1, -0.05) is 0 Å². The molecular formula is C26H34FN3O4. The van der Waals surface area contributed by atoms with Crippen molar-refractivity contribution in [2.75, 3.05) is 32.2 Å². The van der Waals surface area contributed by atoms with Gasteiger partial charge >= 0.3 is 6.09 Å². The third-order valence-electron chi connectivity index (χ3n) is 6.38. The number of carbonyl (C=O) groups is 1. The lowest BCUT2D eigenvalue weighted by Crippen LogP contribution is -2.38. The molecule has 1 saturated heterocycles. The smallest absolute Gasteiger partial charge is 0.410 e. The number of ether oxygens (including phenoxy) is 3. The van der Waals surface area contributed by atoms with Gasteiger partial charge in [-0.05, 0) is 70.7 Å². The van der Waals surface area contributed by atoms with Crippen LogP contribution in [-0.2, 0) is 11.2 Å². The molecule has 184 valence electrons. The van der Waals surface area contributed by atoms with Gasteiger partial charge in [-0.2, -0.15) is 4.39 Å². The van der Waals surface area contributed by atoms with Crippen molar-refractivity contribution < 1.29 is 23.4 Å². The van der Waals surface area contributed by atoms with E-state index in [1.807, 2.05) is 32.9 Å². The van der Waals surface area contributed by atoms with Crippen LogP contribution in [0.5, 0.6) is 11.5 Å². The fraction of sp³-hybridized carbons (Fsp3) is 0.538. The van der Waals surface area contributed by atoms with E-state index in [0.29, 0.717) is 37.3 Å². The van der Waals surface area contributed by atoms with E-state index >= 15 is 0 Å². The molecule has 1 fully saturated rings. The number of hydrogen-bond acceptors (Lipinski definition) is 6. The van der Waals surface area contributed by atoms with Crippen LogP contribution in [0.3, 0.4) is 0 Å². The molecule has 2 atom stereocenters. The Balaban J connectivity index is 1.46. The molecule has 8 heteroatoms. The first-order chi connectivity index (χ1) is 16.2. The fourth-order valence-corrected chi connectivity index (χ4v) is 4.86. The van der Waals surface area contributed by atoms with E-state index in [-0.39, 0.29) is 18.2 Å². The highest BCUT2D eigenvalue weighted by Crippen LogP contribution is 2.49. The molecule has 2 aliphatic heterocycles. The molecule has 0 unspecified atom stereocenters. The minimum atomic E-state index is -0.532. The maximum atomic E-state index is 14.7. The van der Waals surface area contributed by atoms with Gasteiger partial charge in [-0.15, -0.1) is 0 Å². The Morgan fingerprint density at radius 2 is 1.97 bits per heavy atom. The Morgan fingerprint density at radius 3 is 2.65 bits per heavy atom. The topological polar surface area (TPSA) is 64.1 Å². The van der Waals surface area contributed by atoms with Crippen molar-refractivity contribution in [2.24, 2.45) is 0 Å². The van der Waals surface area contributed by atoms with E-state index in [9.17, 15) is 9.18 Å². The maximum Gasteiger partial charge on any atom is 0.410 e. The first-order valence-corrected chi connectivity index (χ1v) is 11.8. The number of methoxy groups -OCH3 is 1. The molecule has 0 saturated carbocycles. The van der Waals surface area contributed by atoms with Crippen molar-refractivity contribution in [2.45, 2.75) is 64.1 Å². The Labute approximate surface area is 200 Å². The highest BCUT2D eigenvalue weighted by atomic mass is 19.1. The van der Waals surface area contributed by atoms with Gasteiger partial charge in [0.05, 0.1) is 26.0 Å². The number of nitrogens with zero attached hydrogens (tertiary/aromatic N) is 3. The van der Waals surface area contributed by atoms with Crippen LogP contribution in [0.25, 0.3) is 0 Å². The third kappa shape index (κ3) is 5.05. The van der Waals surface area contributed by atoms with E-state index in [1.54, 1.807) is 19.1 Å². The van der Waals surface area contributed by atoms with Crippen LogP contribution in [-0.4, -0.2) is 54.9 Å². The minimum absolute atomic E-state index is 0.0408. The summed E-state index contributed by atoms with van der Waals surface area (Å²) in [5.74, 6) is 1.03. The van der Waals surface area contributed by atoms with Gasteiger partial charge in [0.15, 0.2) is 0 Å². The summed E-state index contributed by atoms with van der Waals surface area (Å²) in [6.45, 7) is 6.42. The van der Waals surface area contributed by atoms with E-state index in [4.69, 9.17) is 14.2 Å². The molecule has 1 aromatic heterocycles. The quantitative estimate of drug-likeness (QED) is 0.412. The molecular weight excluding hydrogens is 437 g/mol. The Hall–Kier alpha value is -3.03. The second-order valence-electron chi connectivity index (χ2n) is 9.97. The molecule has 2 bridgehead atoms. The van der Waals surface area contributed by atoms with Crippen molar-refractivity contribution in [3.63, 3.8) is 0 Å². The fourth-order valence-electron chi connectivity index (χ4n) is 4.86. The van der Waals surface area contributed by atoms with Crippen molar-refractivity contribution in [1.29, 1.82) is 0 Å². The number of rotatable bonds is 7. The zero-order valence-corrected chi connectivity index (χ0v) is 20.6. The van der Waals surface area contributed by atoms with Gasteiger partial charge in [0, 0.05) is 36.4 Å². The van der Waals surface area contributed by atoms with Crippen LogP contribution < -0.4 is 14.4 Å². The number of carbonyl (C=O) groups excluding carboxylic acids is 1. The van der Waals surface area contributed by atoms with Gasteiger partial charge in [0.1, 0.15) is 17.1 Å². The van der Waals surface area contributed by atoms with Gasteiger partial charge in [0.2, 0.25) is 5.95 Å².